The molecule has 0 saturated carbocycles. The van der Waals surface area contributed by atoms with Crippen molar-refractivity contribution in [2.75, 3.05) is 0 Å². The SMILES string of the molecule is C=N/C=C(\C=C(/C)c1ccc(-n2c3ccccc3c3ccccc32)nc1)c1ccc(-n2c3ccccc3c3ccccc32)c(C#N)c1. The number of allylic oxidation sites excluding steroid dienone is 3. The van der Waals surface area contributed by atoms with Gasteiger partial charge in [-0.3, -0.25) is 9.56 Å². The lowest BCUT2D eigenvalue weighted by Crippen LogP contribution is -1.99. The van der Waals surface area contributed by atoms with Gasteiger partial charge in [0.15, 0.2) is 0 Å². The number of aromatic nitrogens is 3. The predicted octanol–water partition coefficient (Wildman–Crippen LogP) is 10.3. The van der Waals surface area contributed by atoms with Crippen molar-refractivity contribution in [1.82, 2.24) is 14.1 Å². The zero-order valence-corrected chi connectivity index (χ0v) is 25.8. The molecule has 0 radical (unpaired) electrons. The van der Waals surface area contributed by atoms with E-state index in [1.165, 1.54) is 10.8 Å². The minimum atomic E-state index is 0.576. The van der Waals surface area contributed by atoms with Crippen molar-refractivity contribution in [3.63, 3.8) is 0 Å². The minimum absolute atomic E-state index is 0.576. The van der Waals surface area contributed by atoms with Gasteiger partial charge in [-0.1, -0.05) is 78.9 Å². The summed E-state index contributed by atoms with van der Waals surface area (Å²) in [5.41, 5.74) is 9.54. The van der Waals surface area contributed by atoms with Crippen molar-refractivity contribution in [2.24, 2.45) is 4.99 Å². The lowest BCUT2D eigenvalue weighted by Gasteiger charge is -2.13. The van der Waals surface area contributed by atoms with E-state index in [0.717, 1.165) is 66.6 Å². The maximum absolute atomic E-state index is 10.3. The second-order valence-electron chi connectivity index (χ2n) is 11.6. The fourth-order valence-electron chi connectivity index (χ4n) is 6.71. The number of hydrogen-bond donors (Lipinski definition) is 0. The highest BCUT2D eigenvalue weighted by Gasteiger charge is 2.16. The van der Waals surface area contributed by atoms with Crippen LogP contribution in [0.1, 0.15) is 23.6 Å². The topological polar surface area (TPSA) is 58.9 Å². The fourth-order valence-corrected chi connectivity index (χ4v) is 6.71. The quantitative estimate of drug-likeness (QED) is 0.140. The van der Waals surface area contributed by atoms with Gasteiger partial charge in [-0.15, -0.1) is 0 Å². The Bertz CT molecular complexity index is 2500. The van der Waals surface area contributed by atoms with Gasteiger partial charge >= 0.3 is 0 Å². The Hall–Kier alpha value is -6.51. The van der Waals surface area contributed by atoms with E-state index in [0.29, 0.717) is 5.56 Å². The molecule has 0 aliphatic heterocycles. The molecule has 0 bridgehead atoms. The van der Waals surface area contributed by atoms with Gasteiger partial charge in [0.05, 0.1) is 33.3 Å². The monoisotopic (exact) mass is 603 g/mol. The predicted molar refractivity (Wildman–Crippen MR) is 195 cm³/mol. The molecular weight excluding hydrogens is 574 g/mol. The lowest BCUT2D eigenvalue weighted by molar-refractivity contribution is 1.08. The van der Waals surface area contributed by atoms with Gasteiger partial charge in [-0.25, -0.2) is 4.98 Å². The molecule has 0 aliphatic rings. The first-order chi connectivity index (χ1) is 23.2. The van der Waals surface area contributed by atoms with E-state index in [-0.39, 0.29) is 0 Å². The second kappa shape index (κ2) is 11.4. The smallest absolute Gasteiger partial charge is 0.137 e. The summed E-state index contributed by atoms with van der Waals surface area (Å²) in [6, 6.07) is 46.1. The van der Waals surface area contributed by atoms with Crippen LogP contribution in [0, 0.1) is 11.3 Å². The van der Waals surface area contributed by atoms with Gasteiger partial charge in [0.25, 0.3) is 0 Å². The van der Waals surface area contributed by atoms with Crippen molar-refractivity contribution in [1.29, 1.82) is 5.26 Å². The van der Waals surface area contributed by atoms with E-state index in [2.05, 4.69) is 137 Å². The molecule has 0 unspecified atom stereocenters. The summed E-state index contributed by atoms with van der Waals surface area (Å²) in [5, 5.41) is 15.1. The Morgan fingerprint density at radius 3 is 1.68 bits per heavy atom. The molecule has 3 aromatic heterocycles. The Kier molecular flexibility index (Phi) is 6.82. The third-order valence-electron chi connectivity index (χ3n) is 8.89. The molecule has 5 nitrogen and oxygen atoms in total. The van der Waals surface area contributed by atoms with Crippen LogP contribution in [0.3, 0.4) is 0 Å². The van der Waals surface area contributed by atoms with E-state index in [1.54, 1.807) is 6.20 Å². The summed E-state index contributed by atoms with van der Waals surface area (Å²) in [7, 11) is 0. The largest absolute Gasteiger partial charge is 0.308 e. The molecule has 0 aliphatic carbocycles. The Labute approximate surface area is 272 Å². The molecule has 3 heterocycles. The van der Waals surface area contributed by atoms with E-state index >= 15 is 0 Å². The zero-order valence-electron chi connectivity index (χ0n) is 25.8. The van der Waals surface area contributed by atoms with Crippen molar-refractivity contribution in [3.05, 3.63) is 163 Å². The van der Waals surface area contributed by atoms with Crippen LogP contribution in [0.4, 0.5) is 0 Å². The number of benzene rings is 5. The average molecular weight is 604 g/mol. The normalized spacial score (nSPS) is 12.3. The van der Waals surface area contributed by atoms with Crippen LogP contribution in [0.25, 0.3) is 66.3 Å². The van der Waals surface area contributed by atoms with Gasteiger partial charge in [0.2, 0.25) is 0 Å². The zero-order chi connectivity index (χ0) is 31.9. The molecule has 8 aromatic rings. The summed E-state index contributed by atoms with van der Waals surface area (Å²) in [6.07, 6.45) is 5.72. The third kappa shape index (κ3) is 4.63. The Morgan fingerprint density at radius 1 is 0.681 bits per heavy atom. The molecule has 0 fully saturated rings. The van der Waals surface area contributed by atoms with Crippen molar-refractivity contribution < 1.29 is 0 Å². The number of para-hydroxylation sites is 4. The minimum Gasteiger partial charge on any atom is -0.308 e. The van der Waals surface area contributed by atoms with Crippen molar-refractivity contribution in [3.8, 4) is 17.6 Å². The van der Waals surface area contributed by atoms with Crippen LogP contribution in [0.2, 0.25) is 0 Å². The number of fused-ring (bicyclic) bond motifs is 6. The summed E-state index contributed by atoms with van der Waals surface area (Å²) >= 11 is 0. The first kappa shape index (κ1) is 28.0. The number of nitrogens with zero attached hydrogens (tertiary/aromatic N) is 5. The number of hydrogen-bond acceptors (Lipinski definition) is 3. The first-order valence-corrected chi connectivity index (χ1v) is 15.5. The summed E-state index contributed by atoms with van der Waals surface area (Å²) < 4.78 is 4.39. The molecule has 222 valence electrons. The fraction of sp³-hybridized carbons (Fsp3) is 0.0238. The Morgan fingerprint density at radius 2 is 1.19 bits per heavy atom. The molecular formula is C42H29N5. The highest BCUT2D eigenvalue weighted by Crippen LogP contribution is 2.35. The highest BCUT2D eigenvalue weighted by atomic mass is 15.1. The van der Waals surface area contributed by atoms with E-state index in [1.807, 2.05) is 36.5 Å². The highest BCUT2D eigenvalue weighted by molar-refractivity contribution is 6.10. The van der Waals surface area contributed by atoms with Gasteiger partial charge in [-0.2, -0.15) is 5.26 Å². The maximum Gasteiger partial charge on any atom is 0.137 e. The molecule has 0 spiro atoms. The standard InChI is InChI=1S/C42H29N5/c1-28(30-20-22-42(45-27-30)47-40-17-9-5-13-35(40)36-14-6-10-18-41(36)47)23-32(26-44-2)29-19-21-37(31(24-29)25-43)46-38-15-7-3-11-33(38)34-12-4-8-16-39(34)46/h3-24,26-27H,2H2,1H3/b28-23+,32-26+. The molecule has 5 aromatic carbocycles. The number of nitriles is 1. The van der Waals surface area contributed by atoms with Crippen LogP contribution in [-0.2, 0) is 0 Å². The summed E-state index contributed by atoms with van der Waals surface area (Å²) in [6.45, 7) is 5.79. The summed E-state index contributed by atoms with van der Waals surface area (Å²) in [4.78, 5) is 9.02. The van der Waals surface area contributed by atoms with Crippen molar-refractivity contribution in [2.45, 2.75) is 6.92 Å². The molecule has 0 amide bonds. The maximum atomic E-state index is 10.3. The molecule has 0 N–H and O–H groups in total. The van der Waals surface area contributed by atoms with Crippen LogP contribution >= 0.6 is 0 Å². The Balaban J connectivity index is 1.17. The van der Waals surface area contributed by atoms with E-state index < -0.39 is 0 Å². The van der Waals surface area contributed by atoms with Crippen LogP contribution in [0.15, 0.2) is 151 Å². The number of aliphatic imine (C=N–C) groups is 1. The van der Waals surface area contributed by atoms with Gasteiger partial charge in [0.1, 0.15) is 11.9 Å². The van der Waals surface area contributed by atoms with Gasteiger partial charge in [0, 0.05) is 39.5 Å². The van der Waals surface area contributed by atoms with Crippen LogP contribution in [0.5, 0.6) is 0 Å². The molecule has 0 saturated heterocycles. The van der Waals surface area contributed by atoms with Crippen LogP contribution < -0.4 is 0 Å². The first-order valence-electron chi connectivity index (χ1n) is 15.5. The van der Waals surface area contributed by atoms with Crippen molar-refractivity contribution >= 4 is 61.5 Å². The number of pyridine rings is 1. The number of rotatable bonds is 6. The molecule has 47 heavy (non-hydrogen) atoms. The van der Waals surface area contributed by atoms with E-state index in [9.17, 15) is 5.26 Å². The van der Waals surface area contributed by atoms with Gasteiger partial charge < -0.3 is 4.57 Å². The molecule has 0 atom stereocenters. The molecule has 8 rings (SSSR count). The average Bonchev–Trinajstić information content (AvgIpc) is 3.64. The van der Waals surface area contributed by atoms with Gasteiger partial charge in [-0.05, 0) is 84.9 Å². The van der Waals surface area contributed by atoms with E-state index in [4.69, 9.17) is 4.98 Å². The second-order valence-corrected chi connectivity index (χ2v) is 11.6. The van der Waals surface area contributed by atoms with Crippen LogP contribution in [-0.4, -0.2) is 20.8 Å². The molecule has 5 heteroatoms. The lowest BCUT2D eigenvalue weighted by atomic mass is 9.99. The third-order valence-corrected chi connectivity index (χ3v) is 8.89. The summed E-state index contributed by atoms with van der Waals surface area (Å²) in [5.74, 6) is 0.863.